The van der Waals surface area contributed by atoms with Crippen LogP contribution in [0.1, 0.15) is 18.1 Å². The summed E-state index contributed by atoms with van der Waals surface area (Å²) >= 11 is 0. The van der Waals surface area contributed by atoms with E-state index in [1.54, 1.807) is 12.1 Å². The van der Waals surface area contributed by atoms with Gasteiger partial charge in [-0.2, -0.15) is 0 Å². The van der Waals surface area contributed by atoms with Crippen LogP contribution in [0, 0.1) is 12.7 Å². The minimum Gasteiger partial charge on any atom is -0.312 e. The van der Waals surface area contributed by atoms with Gasteiger partial charge in [0.05, 0.1) is 0 Å². The number of nitrogens with one attached hydrogen (secondary N) is 1. The highest BCUT2D eigenvalue weighted by Gasteiger charge is 2.16. The van der Waals surface area contributed by atoms with Crippen LogP contribution in [0.3, 0.4) is 0 Å². The van der Waals surface area contributed by atoms with Crippen molar-refractivity contribution in [2.24, 2.45) is 0 Å². The highest BCUT2D eigenvalue weighted by molar-refractivity contribution is 5.85. The van der Waals surface area contributed by atoms with Crippen LogP contribution in [0.4, 0.5) is 4.39 Å². The van der Waals surface area contributed by atoms with E-state index >= 15 is 0 Å². The van der Waals surface area contributed by atoms with Crippen LogP contribution in [-0.4, -0.2) is 30.6 Å². The normalized spacial score (nSPS) is 21.0. The molecule has 1 aromatic carbocycles. The number of piperazine rings is 1. The first kappa shape index (κ1) is 14.4. The molecular formula is C13H20ClFN2. The number of aryl methyl sites for hydroxylation is 1. The predicted octanol–water partition coefficient (Wildman–Crippen LogP) is 2.35. The Hall–Kier alpha value is -0.640. The summed E-state index contributed by atoms with van der Waals surface area (Å²) in [6.07, 6.45) is 0. The van der Waals surface area contributed by atoms with Crippen molar-refractivity contribution in [3.8, 4) is 0 Å². The average molecular weight is 259 g/mol. The molecule has 1 aliphatic heterocycles. The van der Waals surface area contributed by atoms with Crippen molar-refractivity contribution in [3.05, 3.63) is 35.1 Å². The van der Waals surface area contributed by atoms with Gasteiger partial charge >= 0.3 is 0 Å². The van der Waals surface area contributed by atoms with Crippen LogP contribution < -0.4 is 5.32 Å². The second-order valence-corrected chi connectivity index (χ2v) is 4.66. The second-order valence-electron chi connectivity index (χ2n) is 4.66. The lowest BCUT2D eigenvalue weighted by Crippen LogP contribution is -2.48. The molecule has 0 unspecified atom stereocenters. The molecule has 1 heterocycles. The third-order valence-corrected chi connectivity index (χ3v) is 3.15. The van der Waals surface area contributed by atoms with Crippen molar-refractivity contribution < 1.29 is 4.39 Å². The fourth-order valence-electron chi connectivity index (χ4n) is 2.23. The maximum Gasteiger partial charge on any atom is 0.123 e. The molecule has 0 spiro atoms. The Bertz CT molecular complexity index is 370. The molecule has 1 aromatic rings. The van der Waals surface area contributed by atoms with Crippen molar-refractivity contribution >= 4 is 12.4 Å². The van der Waals surface area contributed by atoms with E-state index < -0.39 is 0 Å². The summed E-state index contributed by atoms with van der Waals surface area (Å²) in [4.78, 5) is 2.42. The molecule has 0 saturated carbocycles. The van der Waals surface area contributed by atoms with E-state index in [-0.39, 0.29) is 18.2 Å². The number of benzene rings is 1. The lowest BCUT2D eigenvalue weighted by molar-refractivity contribution is 0.199. The molecule has 1 atom stereocenters. The average Bonchev–Trinajstić information content (AvgIpc) is 2.22. The number of hydrogen-bond donors (Lipinski definition) is 1. The van der Waals surface area contributed by atoms with Crippen LogP contribution in [0.25, 0.3) is 0 Å². The molecule has 0 aromatic heterocycles. The van der Waals surface area contributed by atoms with Gasteiger partial charge in [-0.15, -0.1) is 12.4 Å². The summed E-state index contributed by atoms with van der Waals surface area (Å²) in [5, 5.41) is 3.42. The number of rotatable bonds is 2. The first-order chi connectivity index (χ1) is 7.65. The zero-order valence-electron chi connectivity index (χ0n) is 10.4. The lowest BCUT2D eigenvalue weighted by Gasteiger charge is -2.32. The van der Waals surface area contributed by atoms with Gasteiger partial charge in [-0.05, 0) is 37.1 Å². The van der Waals surface area contributed by atoms with E-state index in [4.69, 9.17) is 0 Å². The summed E-state index contributed by atoms with van der Waals surface area (Å²) in [7, 11) is 0. The molecule has 2 rings (SSSR count). The minimum atomic E-state index is -0.144. The zero-order chi connectivity index (χ0) is 11.5. The molecular weight excluding hydrogens is 239 g/mol. The van der Waals surface area contributed by atoms with Gasteiger partial charge in [-0.1, -0.05) is 6.07 Å². The maximum absolute atomic E-state index is 13.0. The fraction of sp³-hybridized carbons (Fsp3) is 0.538. The largest absolute Gasteiger partial charge is 0.312 e. The minimum absolute atomic E-state index is 0. The van der Waals surface area contributed by atoms with Crippen LogP contribution in [0.15, 0.2) is 18.2 Å². The van der Waals surface area contributed by atoms with Crippen LogP contribution in [-0.2, 0) is 6.54 Å². The monoisotopic (exact) mass is 258 g/mol. The van der Waals surface area contributed by atoms with E-state index in [1.807, 2.05) is 13.0 Å². The van der Waals surface area contributed by atoms with Gasteiger partial charge in [0.25, 0.3) is 0 Å². The third kappa shape index (κ3) is 3.95. The molecule has 1 saturated heterocycles. The molecule has 17 heavy (non-hydrogen) atoms. The quantitative estimate of drug-likeness (QED) is 0.876. The third-order valence-electron chi connectivity index (χ3n) is 3.15. The van der Waals surface area contributed by atoms with Crippen molar-refractivity contribution in [2.75, 3.05) is 19.6 Å². The second kappa shape index (κ2) is 6.34. The smallest absolute Gasteiger partial charge is 0.123 e. The Morgan fingerprint density at radius 1 is 1.47 bits per heavy atom. The highest BCUT2D eigenvalue weighted by Crippen LogP contribution is 2.13. The Labute approximate surface area is 109 Å². The summed E-state index contributed by atoms with van der Waals surface area (Å²) in [5.41, 5.74) is 2.28. The molecule has 4 heteroatoms. The van der Waals surface area contributed by atoms with E-state index in [0.29, 0.717) is 6.04 Å². The first-order valence-electron chi connectivity index (χ1n) is 5.86. The Morgan fingerprint density at radius 2 is 2.24 bits per heavy atom. The van der Waals surface area contributed by atoms with Crippen molar-refractivity contribution in [3.63, 3.8) is 0 Å². The Kier molecular flexibility index (Phi) is 5.37. The van der Waals surface area contributed by atoms with Crippen molar-refractivity contribution in [2.45, 2.75) is 26.4 Å². The molecule has 0 bridgehead atoms. The van der Waals surface area contributed by atoms with Gasteiger partial charge in [0, 0.05) is 32.2 Å². The summed E-state index contributed by atoms with van der Waals surface area (Å²) in [5.74, 6) is -0.144. The molecule has 1 N–H and O–H groups in total. The van der Waals surface area contributed by atoms with Crippen LogP contribution >= 0.6 is 12.4 Å². The highest BCUT2D eigenvalue weighted by atomic mass is 35.5. The molecule has 1 fully saturated rings. The van der Waals surface area contributed by atoms with Gasteiger partial charge in [-0.3, -0.25) is 4.90 Å². The van der Waals surface area contributed by atoms with Crippen LogP contribution in [0.2, 0.25) is 0 Å². The zero-order valence-corrected chi connectivity index (χ0v) is 11.2. The van der Waals surface area contributed by atoms with Crippen molar-refractivity contribution in [1.29, 1.82) is 0 Å². The molecule has 0 radical (unpaired) electrons. The van der Waals surface area contributed by atoms with E-state index in [2.05, 4.69) is 17.1 Å². The van der Waals surface area contributed by atoms with Gasteiger partial charge in [0.1, 0.15) is 5.82 Å². The number of halogens is 2. The molecule has 0 aliphatic carbocycles. The summed E-state index contributed by atoms with van der Waals surface area (Å²) < 4.78 is 13.0. The van der Waals surface area contributed by atoms with Gasteiger partial charge in [0.15, 0.2) is 0 Å². The van der Waals surface area contributed by atoms with Gasteiger partial charge in [0.2, 0.25) is 0 Å². The maximum atomic E-state index is 13.0. The first-order valence-corrected chi connectivity index (χ1v) is 5.86. The number of nitrogens with zero attached hydrogens (tertiary/aromatic N) is 1. The SMILES string of the molecule is Cc1cc(F)ccc1CN1CCN[C@H](C)C1.Cl. The molecule has 96 valence electrons. The summed E-state index contributed by atoms with van der Waals surface area (Å²) in [6.45, 7) is 8.28. The lowest BCUT2D eigenvalue weighted by atomic mass is 10.1. The van der Waals surface area contributed by atoms with Crippen molar-refractivity contribution in [1.82, 2.24) is 10.2 Å². The topological polar surface area (TPSA) is 15.3 Å². The Balaban J connectivity index is 0.00000144. The van der Waals surface area contributed by atoms with E-state index in [0.717, 1.165) is 31.7 Å². The molecule has 2 nitrogen and oxygen atoms in total. The van der Waals surface area contributed by atoms with Gasteiger partial charge < -0.3 is 5.32 Å². The number of hydrogen-bond acceptors (Lipinski definition) is 2. The molecule has 1 aliphatic rings. The standard InChI is InChI=1S/C13H19FN2.ClH/c1-10-7-13(14)4-3-12(10)9-16-6-5-15-11(2)8-16;/h3-4,7,11,15H,5-6,8-9H2,1-2H3;1H/t11-;/m1./s1. The van der Waals surface area contributed by atoms with Gasteiger partial charge in [-0.25, -0.2) is 4.39 Å². The predicted molar refractivity (Wildman–Crippen MR) is 71.1 cm³/mol. The van der Waals surface area contributed by atoms with E-state index in [9.17, 15) is 4.39 Å². The molecule has 0 amide bonds. The fourth-order valence-corrected chi connectivity index (χ4v) is 2.23. The van der Waals surface area contributed by atoms with Crippen LogP contribution in [0.5, 0.6) is 0 Å². The van der Waals surface area contributed by atoms with E-state index in [1.165, 1.54) is 5.56 Å². The Morgan fingerprint density at radius 3 is 2.88 bits per heavy atom. The summed E-state index contributed by atoms with van der Waals surface area (Å²) in [6, 6.07) is 5.61.